The number of aromatic nitrogens is 1. The van der Waals surface area contributed by atoms with Gasteiger partial charge in [0.2, 0.25) is 0 Å². The first-order valence-electron chi connectivity index (χ1n) is 11.5. The number of para-hydroxylation sites is 1. The lowest BCUT2D eigenvalue weighted by atomic mass is 10.1. The topological polar surface area (TPSA) is 118 Å². The van der Waals surface area contributed by atoms with Crippen LogP contribution >= 0.6 is 0 Å². The highest BCUT2D eigenvalue weighted by Crippen LogP contribution is 2.30. The first-order chi connectivity index (χ1) is 17.2. The van der Waals surface area contributed by atoms with Crippen molar-refractivity contribution in [2.75, 3.05) is 38.0 Å². The molecular formula is C25H28N4O6S. The number of carbonyl (C=O) groups is 2. The maximum Gasteiger partial charge on any atom is 0.410 e. The number of ether oxygens (including phenoxy) is 2. The molecule has 4 rings (SSSR count). The summed E-state index contributed by atoms with van der Waals surface area (Å²) >= 11 is 0. The molecule has 1 aliphatic rings. The summed E-state index contributed by atoms with van der Waals surface area (Å²) < 4.78 is 39.5. The van der Waals surface area contributed by atoms with Gasteiger partial charge in [-0.2, -0.15) is 0 Å². The number of hydrogen-bond donors (Lipinski definition) is 1. The quantitative estimate of drug-likeness (QED) is 0.538. The van der Waals surface area contributed by atoms with E-state index >= 15 is 0 Å². The molecule has 0 spiro atoms. The first kappa shape index (κ1) is 25.2. The summed E-state index contributed by atoms with van der Waals surface area (Å²) in [5.41, 5.74) is 0.901. The van der Waals surface area contributed by atoms with E-state index in [-0.39, 0.29) is 28.3 Å². The molecule has 1 aromatic heterocycles. The summed E-state index contributed by atoms with van der Waals surface area (Å²) in [4.78, 5) is 32.6. The zero-order chi connectivity index (χ0) is 25.9. The first-order valence-corrected chi connectivity index (χ1v) is 13.0. The van der Waals surface area contributed by atoms with Crippen molar-refractivity contribution in [2.24, 2.45) is 0 Å². The van der Waals surface area contributed by atoms with Gasteiger partial charge in [0.25, 0.3) is 15.9 Å². The molecule has 0 radical (unpaired) electrons. The number of rotatable bonds is 6. The molecule has 3 aromatic rings. The second kappa shape index (κ2) is 10.4. The van der Waals surface area contributed by atoms with Crippen molar-refractivity contribution in [3.8, 4) is 5.75 Å². The minimum atomic E-state index is -3.99. The SMILES string of the molecule is COc1cc(C(=O)N2CCN(C(=O)OC(C)C)CC2)ccc1NS(=O)(=O)c1cccc2cccnc12. The predicted molar refractivity (Wildman–Crippen MR) is 135 cm³/mol. The van der Waals surface area contributed by atoms with E-state index in [0.29, 0.717) is 42.6 Å². The summed E-state index contributed by atoms with van der Waals surface area (Å²) in [6.45, 7) is 5.02. The van der Waals surface area contributed by atoms with Crippen LogP contribution in [0.2, 0.25) is 0 Å². The highest BCUT2D eigenvalue weighted by Gasteiger charge is 2.27. The summed E-state index contributed by atoms with van der Waals surface area (Å²) in [5.74, 6) is -0.0328. The fraction of sp³-hybridized carbons (Fsp3) is 0.320. The van der Waals surface area contributed by atoms with Crippen LogP contribution in [0, 0.1) is 0 Å². The Bertz CT molecular complexity index is 1380. The molecule has 2 amide bonds. The van der Waals surface area contributed by atoms with Crippen molar-refractivity contribution in [1.29, 1.82) is 0 Å². The number of benzene rings is 2. The zero-order valence-electron chi connectivity index (χ0n) is 20.3. The molecule has 10 nitrogen and oxygen atoms in total. The number of carbonyl (C=O) groups excluding carboxylic acids is 2. The van der Waals surface area contributed by atoms with Crippen LogP contribution in [0.3, 0.4) is 0 Å². The summed E-state index contributed by atoms with van der Waals surface area (Å²) in [5, 5.41) is 0.700. The van der Waals surface area contributed by atoms with Crippen molar-refractivity contribution < 1.29 is 27.5 Å². The van der Waals surface area contributed by atoms with Crippen molar-refractivity contribution in [2.45, 2.75) is 24.8 Å². The van der Waals surface area contributed by atoms with E-state index in [9.17, 15) is 18.0 Å². The second-order valence-electron chi connectivity index (χ2n) is 8.56. The van der Waals surface area contributed by atoms with Crippen LogP contribution in [-0.4, -0.2) is 74.6 Å². The second-order valence-corrected chi connectivity index (χ2v) is 10.2. The third kappa shape index (κ3) is 5.35. The van der Waals surface area contributed by atoms with Gasteiger partial charge in [-0.25, -0.2) is 13.2 Å². The Hall–Kier alpha value is -3.86. The Morgan fingerprint density at radius 2 is 1.69 bits per heavy atom. The minimum absolute atomic E-state index is 0.0386. The molecule has 36 heavy (non-hydrogen) atoms. The van der Waals surface area contributed by atoms with E-state index in [4.69, 9.17) is 9.47 Å². The summed E-state index contributed by atoms with van der Waals surface area (Å²) in [6.07, 6.45) is 0.935. The molecule has 11 heteroatoms. The third-order valence-electron chi connectivity index (χ3n) is 5.74. The van der Waals surface area contributed by atoms with Gasteiger partial charge in [0.05, 0.1) is 24.4 Å². The molecule has 0 atom stereocenters. The number of fused-ring (bicyclic) bond motifs is 1. The van der Waals surface area contributed by atoms with Gasteiger partial charge in [0.1, 0.15) is 10.6 Å². The van der Waals surface area contributed by atoms with E-state index in [2.05, 4.69) is 9.71 Å². The van der Waals surface area contributed by atoms with E-state index in [0.717, 1.165) is 0 Å². The van der Waals surface area contributed by atoms with Crippen LogP contribution in [0.4, 0.5) is 10.5 Å². The van der Waals surface area contributed by atoms with Gasteiger partial charge < -0.3 is 19.3 Å². The number of sulfonamides is 1. The van der Waals surface area contributed by atoms with Crippen LogP contribution in [0.15, 0.2) is 59.6 Å². The van der Waals surface area contributed by atoms with Gasteiger partial charge in [-0.3, -0.25) is 14.5 Å². The van der Waals surface area contributed by atoms with Crippen LogP contribution in [-0.2, 0) is 14.8 Å². The van der Waals surface area contributed by atoms with Gasteiger partial charge in [-0.1, -0.05) is 18.2 Å². The number of nitrogens with one attached hydrogen (secondary N) is 1. The Balaban J connectivity index is 1.50. The summed E-state index contributed by atoms with van der Waals surface area (Å²) in [6, 6.07) is 13.0. The Labute approximate surface area is 209 Å². The largest absolute Gasteiger partial charge is 0.495 e. The maximum atomic E-state index is 13.2. The van der Waals surface area contributed by atoms with E-state index < -0.39 is 16.1 Å². The lowest BCUT2D eigenvalue weighted by Crippen LogP contribution is -2.51. The van der Waals surface area contributed by atoms with E-state index in [1.807, 2.05) is 0 Å². The van der Waals surface area contributed by atoms with Gasteiger partial charge in [-0.05, 0) is 44.2 Å². The number of pyridine rings is 1. The highest BCUT2D eigenvalue weighted by molar-refractivity contribution is 7.93. The van der Waals surface area contributed by atoms with Crippen LogP contribution in [0.1, 0.15) is 24.2 Å². The molecule has 1 aliphatic heterocycles. The number of nitrogens with zero attached hydrogens (tertiary/aromatic N) is 3. The van der Waals surface area contributed by atoms with E-state index in [1.54, 1.807) is 54.0 Å². The fourth-order valence-corrected chi connectivity index (χ4v) is 5.20. The average molecular weight is 513 g/mol. The Morgan fingerprint density at radius 3 is 2.39 bits per heavy atom. The minimum Gasteiger partial charge on any atom is -0.495 e. The maximum absolute atomic E-state index is 13.2. The van der Waals surface area contributed by atoms with Crippen LogP contribution < -0.4 is 9.46 Å². The molecule has 1 N–H and O–H groups in total. The van der Waals surface area contributed by atoms with Gasteiger partial charge in [-0.15, -0.1) is 0 Å². The number of piperazine rings is 1. The highest BCUT2D eigenvalue weighted by atomic mass is 32.2. The standard InChI is InChI=1S/C25H28N4O6S/c1-17(2)35-25(31)29-14-12-28(13-15-29)24(30)19-9-10-20(21(16-19)34-3)27-36(32,33)22-8-4-6-18-7-5-11-26-23(18)22/h4-11,16-17,27H,12-15H2,1-3H3. The Morgan fingerprint density at radius 1 is 1.00 bits per heavy atom. The monoisotopic (exact) mass is 512 g/mol. The fourth-order valence-electron chi connectivity index (χ4n) is 3.95. The molecule has 190 valence electrons. The lowest BCUT2D eigenvalue weighted by Gasteiger charge is -2.34. The number of amides is 2. The van der Waals surface area contributed by atoms with Crippen molar-refractivity contribution >= 4 is 38.6 Å². The smallest absolute Gasteiger partial charge is 0.410 e. The molecule has 1 saturated heterocycles. The molecule has 2 heterocycles. The molecule has 0 aliphatic carbocycles. The number of hydrogen-bond acceptors (Lipinski definition) is 7. The van der Waals surface area contributed by atoms with Crippen LogP contribution in [0.25, 0.3) is 10.9 Å². The zero-order valence-corrected chi connectivity index (χ0v) is 21.1. The lowest BCUT2D eigenvalue weighted by molar-refractivity contribution is 0.0476. The van der Waals surface area contributed by atoms with Crippen molar-refractivity contribution in [3.63, 3.8) is 0 Å². The molecule has 0 saturated carbocycles. The normalized spacial score (nSPS) is 14.1. The molecule has 0 bridgehead atoms. The predicted octanol–water partition coefficient (Wildman–Crippen LogP) is 3.35. The average Bonchev–Trinajstić information content (AvgIpc) is 2.87. The van der Waals surface area contributed by atoms with Crippen molar-refractivity contribution in [1.82, 2.24) is 14.8 Å². The van der Waals surface area contributed by atoms with E-state index in [1.165, 1.54) is 31.5 Å². The molecular weight excluding hydrogens is 484 g/mol. The third-order valence-corrected chi connectivity index (χ3v) is 7.14. The van der Waals surface area contributed by atoms with Gasteiger partial charge >= 0.3 is 6.09 Å². The molecule has 2 aromatic carbocycles. The van der Waals surface area contributed by atoms with Crippen molar-refractivity contribution in [3.05, 3.63) is 60.3 Å². The molecule has 1 fully saturated rings. The van der Waals surface area contributed by atoms with Gasteiger partial charge in [0.15, 0.2) is 0 Å². The Kier molecular flexibility index (Phi) is 7.30. The number of methoxy groups -OCH3 is 1. The summed E-state index contributed by atoms with van der Waals surface area (Å²) in [7, 11) is -2.58. The number of anilines is 1. The van der Waals surface area contributed by atoms with Crippen LogP contribution in [0.5, 0.6) is 5.75 Å². The van der Waals surface area contributed by atoms with Gasteiger partial charge in [0, 0.05) is 43.3 Å². The molecule has 0 unspecified atom stereocenters.